The van der Waals surface area contributed by atoms with E-state index in [0.717, 1.165) is 12.0 Å². The number of nitrogens with two attached hydrogens (primary N) is 1. The second-order valence-corrected chi connectivity index (χ2v) is 4.76. The van der Waals surface area contributed by atoms with Crippen molar-refractivity contribution in [3.05, 3.63) is 29.8 Å². The van der Waals surface area contributed by atoms with Crippen LogP contribution in [0.3, 0.4) is 0 Å². The van der Waals surface area contributed by atoms with Crippen LogP contribution < -0.4 is 15.8 Å². The molecule has 0 aliphatic carbocycles. The highest BCUT2D eigenvalue weighted by atomic mass is 16.5. The predicted octanol–water partition coefficient (Wildman–Crippen LogP) is 1.63. The number of amides is 1. The summed E-state index contributed by atoms with van der Waals surface area (Å²) in [7, 11) is 1.64. The predicted molar refractivity (Wildman–Crippen MR) is 78.6 cm³/mol. The summed E-state index contributed by atoms with van der Waals surface area (Å²) in [5.74, 6) is 0.534. The highest BCUT2D eigenvalue weighted by Crippen LogP contribution is 2.17. The smallest absolute Gasteiger partial charge is 0.260 e. The maximum absolute atomic E-state index is 11.8. The summed E-state index contributed by atoms with van der Waals surface area (Å²) in [4.78, 5) is 11.8. The second kappa shape index (κ2) is 8.55. The Morgan fingerprint density at radius 3 is 2.50 bits per heavy atom. The normalized spacial score (nSPS) is 13.6. The van der Waals surface area contributed by atoms with Crippen molar-refractivity contribution in [2.75, 3.05) is 20.3 Å². The third-order valence-electron chi connectivity index (χ3n) is 2.91. The maximum Gasteiger partial charge on any atom is 0.260 e. The molecule has 0 heterocycles. The van der Waals surface area contributed by atoms with Crippen molar-refractivity contribution >= 4 is 5.91 Å². The average Bonchev–Trinajstić information content (AvgIpc) is 2.44. The number of carbonyl (C=O) groups is 1. The Morgan fingerprint density at radius 1 is 1.30 bits per heavy atom. The van der Waals surface area contributed by atoms with Crippen molar-refractivity contribution in [2.45, 2.75) is 32.4 Å². The van der Waals surface area contributed by atoms with E-state index in [1.165, 1.54) is 0 Å². The van der Waals surface area contributed by atoms with E-state index in [2.05, 4.69) is 5.32 Å². The molecule has 112 valence electrons. The lowest BCUT2D eigenvalue weighted by Crippen LogP contribution is -2.37. The van der Waals surface area contributed by atoms with Gasteiger partial charge >= 0.3 is 0 Å². The van der Waals surface area contributed by atoms with Gasteiger partial charge in [-0.15, -0.1) is 0 Å². The Balaban J connectivity index is 2.40. The van der Waals surface area contributed by atoms with Gasteiger partial charge in [0.15, 0.2) is 6.10 Å². The summed E-state index contributed by atoms with van der Waals surface area (Å²) < 4.78 is 10.5. The van der Waals surface area contributed by atoms with Gasteiger partial charge in [-0.1, -0.05) is 12.1 Å². The van der Waals surface area contributed by atoms with Gasteiger partial charge in [0.05, 0.1) is 0 Å². The monoisotopic (exact) mass is 280 g/mol. The van der Waals surface area contributed by atoms with Gasteiger partial charge in [0.1, 0.15) is 5.75 Å². The Labute approximate surface area is 120 Å². The summed E-state index contributed by atoms with van der Waals surface area (Å²) >= 11 is 0. The Morgan fingerprint density at radius 2 is 1.95 bits per heavy atom. The quantitative estimate of drug-likeness (QED) is 0.710. The Kier molecular flexibility index (Phi) is 7.04. The number of rotatable bonds is 8. The molecule has 0 radical (unpaired) electrons. The largest absolute Gasteiger partial charge is 0.481 e. The summed E-state index contributed by atoms with van der Waals surface area (Å²) in [6.45, 7) is 4.87. The molecule has 0 fully saturated rings. The number of carbonyl (C=O) groups excluding carboxylic acids is 1. The van der Waals surface area contributed by atoms with E-state index in [-0.39, 0.29) is 11.9 Å². The number of hydrogen-bond donors (Lipinski definition) is 2. The van der Waals surface area contributed by atoms with Gasteiger partial charge in [0, 0.05) is 26.3 Å². The minimum Gasteiger partial charge on any atom is -0.481 e. The zero-order valence-corrected chi connectivity index (χ0v) is 12.4. The molecule has 0 spiro atoms. The summed E-state index contributed by atoms with van der Waals surface area (Å²) in [6, 6.07) is 7.46. The molecule has 0 saturated heterocycles. The van der Waals surface area contributed by atoms with Crippen molar-refractivity contribution in [3.63, 3.8) is 0 Å². The van der Waals surface area contributed by atoms with E-state index in [9.17, 15) is 4.79 Å². The van der Waals surface area contributed by atoms with Crippen LogP contribution in [-0.2, 0) is 9.53 Å². The lowest BCUT2D eigenvalue weighted by atomic mass is 10.1. The fraction of sp³-hybridized carbons (Fsp3) is 0.533. The minimum atomic E-state index is -0.529. The van der Waals surface area contributed by atoms with Gasteiger partial charge in [-0.2, -0.15) is 0 Å². The van der Waals surface area contributed by atoms with Gasteiger partial charge in [-0.05, 0) is 38.0 Å². The van der Waals surface area contributed by atoms with Crippen LogP contribution in [0, 0.1) is 0 Å². The van der Waals surface area contributed by atoms with E-state index in [1.54, 1.807) is 14.0 Å². The molecule has 0 aliphatic rings. The molecule has 1 unspecified atom stereocenters. The molecule has 1 amide bonds. The van der Waals surface area contributed by atoms with Crippen molar-refractivity contribution in [1.29, 1.82) is 0 Å². The standard InChI is InChI=1S/C15H24N2O3/c1-11(16)13-5-7-14(8-6-13)20-12(2)15(18)17-9-4-10-19-3/h5-8,11-12H,4,9-10,16H2,1-3H3,(H,17,18)/t11-,12?/m0/s1. The third kappa shape index (κ3) is 5.59. The van der Waals surface area contributed by atoms with Gasteiger partial charge in [0.2, 0.25) is 0 Å². The molecule has 5 nitrogen and oxygen atoms in total. The lowest BCUT2D eigenvalue weighted by molar-refractivity contribution is -0.127. The first-order chi connectivity index (χ1) is 9.54. The van der Waals surface area contributed by atoms with Crippen LogP contribution in [0.15, 0.2) is 24.3 Å². The topological polar surface area (TPSA) is 73.6 Å². The first-order valence-corrected chi connectivity index (χ1v) is 6.83. The minimum absolute atomic E-state index is 0.00874. The Bertz CT molecular complexity index is 404. The highest BCUT2D eigenvalue weighted by Gasteiger charge is 2.13. The van der Waals surface area contributed by atoms with Gasteiger partial charge in [-0.3, -0.25) is 4.79 Å². The molecular formula is C15H24N2O3. The van der Waals surface area contributed by atoms with Gasteiger partial charge < -0.3 is 20.5 Å². The highest BCUT2D eigenvalue weighted by molar-refractivity contribution is 5.80. The van der Waals surface area contributed by atoms with E-state index < -0.39 is 6.10 Å². The molecule has 0 aromatic heterocycles. The zero-order valence-electron chi connectivity index (χ0n) is 12.4. The average molecular weight is 280 g/mol. The molecular weight excluding hydrogens is 256 g/mol. The fourth-order valence-electron chi connectivity index (χ4n) is 1.68. The molecule has 20 heavy (non-hydrogen) atoms. The van der Waals surface area contributed by atoms with Crippen molar-refractivity contribution in [1.82, 2.24) is 5.32 Å². The van der Waals surface area contributed by atoms with E-state index in [4.69, 9.17) is 15.2 Å². The van der Waals surface area contributed by atoms with Crippen LogP contribution in [0.2, 0.25) is 0 Å². The van der Waals surface area contributed by atoms with Crippen LogP contribution in [0.5, 0.6) is 5.75 Å². The summed E-state index contributed by atoms with van der Waals surface area (Å²) in [5.41, 5.74) is 6.81. The second-order valence-electron chi connectivity index (χ2n) is 4.76. The van der Waals surface area contributed by atoms with E-state index >= 15 is 0 Å². The lowest BCUT2D eigenvalue weighted by Gasteiger charge is -2.15. The molecule has 0 saturated carbocycles. The molecule has 3 N–H and O–H groups in total. The van der Waals surface area contributed by atoms with Crippen molar-refractivity contribution < 1.29 is 14.3 Å². The maximum atomic E-state index is 11.8. The van der Waals surface area contributed by atoms with Gasteiger partial charge in [-0.25, -0.2) is 0 Å². The van der Waals surface area contributed by atoms with E-state index in [1.807, 2.05) is 31.2 Å². The summed E-state index contributed by atoms with van der Waals surface area (Å²) in [6.07, 6.45) is 0.261. The molecule has 0 aliphatic heterocycles. The molecule has 5 heteroatoms. The number of nitrogens with one attached hydrogen (secondary N) is 1. The number of ether oxygens (including phenoxy) is 2. The first-order valence-electron chi connectivity index (χ1n) is 6.83. The first kappa shape index (κ1) is 16.5. The van der Waals surface area contributed by atoms with Crippen LogP contribution >= 0.6 is 0 Å². The molecule has 1 aromatic rings. The molecule has 0 bridgehead atoms. The third-order valence-corrected chi connectivity index (χ3v) is 2.91. The SMILES string of the molecule is COCCCNC(=O)C(C)Oc1ccc([C@H](C)N)cc1. The van der Waals surface area contributed by atoms with Crippen LogP contribution in [0.4, 0.5) is 0 Å². The van der Waals surface area contributed by atoms with Crippen LogP contribution in [0.25, 0.3) is 0 Å². The number of hydrogen-bond acceptors (Lipinski definition) is 4. The van der Waals surface area contributed by atoms with E-state index in [0.29, 0.717) is 18.9 Å². The van der Waals surface area contributed by atoms with Crippen LogP contribution in [-0.4, -0.2) is 32.3 Å². The zero-order chi connectivity index (χ0) is 15.0. The molecule has 2 atom stereocenters. The van der Waals surface area contributed by atoms with Crippen LogP contribution in [0.1, 0.15) is 31.9 Å². The van der Waals surface area contributed by atoms with Crippen molar-refractivity contribution in [3.8, 4) is 5.75 Å². The number of methoxy groups -OCH3 is 1. The van der Waals surface area contributed by atoms with Crippen molar-refractivity contribution in [2.24, 2.45) is 5.73 Å². The Hall–Kier alpha value is -1.59. The summed E-state index contributed by atoms with van der Waals surface area (Å²) in [5, 5.41) is 2.80. The number of benzene rings is 1. The fourth-order valence-corrected chi connectivity index (χ4v) is 1.68. The molecule has 1 rings (SSSR count). The van der Waals surface area contributed by atoms with Gasteiger partial charge in [0.25, 0.3) is 5.91 Å². The molecule has 1 aromatic carbocycles.